The molecule has 0 amide bonds. The van der Waals surface area contributed by atoms with E-state index < -0.39 is 0 Å². The zero-order chi connectivity index (χ0) is 19.4. The van der Waals surface area contributed by atoms with E-state index in [1.165, 1.54) is 95.6 Å². The average Bonchev–Trinajstić information content (AvgIpc) is 3.19. The van der Waals surface area contributed by atoms with E-state index in [0.29, 0.717) is 6.10 Å². The molecule has 2 nitrogen and oxygen atoms in total. The first-order valence-corrected chi connectivity index (χ1v) is 13.7. The number of rotatable bonds is 20. The van der Waals surface area contributed by atoms with Gasteiger partial charge in [-0.25, -0.2) is 0 Å². The summed E-state index contributed by atoms with van der Waals surface area (Å²) in [5.41, 5.74) is 0. The lowest BCUT2D eigenvalue weighted by molar-refractivity contribution is 0.100. The van der Waals surface area contributed by atoms with Crippen LogP contribution in [0.3, 0.4) is 0 Å². The molecule has 0 aromatic heterocycles. The van der Waals surface area contributed by atoms with Crippen LogP contribution in [0, 0.1) is 0 Å². The minimum Gasteiger partial charge on any atom is -0.379 e. The second-order valence-electron chi connectivity index (χ2n) is 7.88. The van der Waals surface area contributed by atoms with Gasteiger partial charge < -0.3 is 9.64 Å². The van der Waals surface area contributed by atoms with E-state index in [0.717, 1.165) is 18.2 Å². The molecule has 1 unspecified atom stereocenters. The Labute approximate surface area is 201 Å². The summed E-state index contributed by atoms with van der Waals surface area (Å²) in [5.74, 6) is 3.51. The lowest BCUT2D eigenvalue weighted by Gasteiger charge is -2.21. The monoisotopic (exact) mass is 543 g/mol. The van der Waals surface area contributed by atoms with Gasteiger partial charge in [0.25, 0.3) is 0 Å². The van der Waals surface area contributed by atoms with Crippen molar-refractivity contribution in [3.63, 3.8) is 0 Å². The van der Waals surface area contributed by atoms with Gasteiger partial charge in [-0.2, -0.15) is 11.8 Å². The maximum Gasteiger partial charge on any atom is 0.0836 e. The van der Waals surface area contributed by atoms with Crippen molar-refractivity contribution in [2.45, 2.75) is 103 Å². The molecule has 1 atom stereocenters. The van der Waals surface area contributed by atoms with E-state index in [1.807, 2.05) is 18.9 Å². The van der Waals surface area contributed by atoms with Crippen LogP contribution in [0.25, 0.3) is 0 Å². The van der Waals surface area contributed by atoms with E-state index in [1.54, 1.807) is 0 Å². The van der Waals surface area contributed by atoms with Gasteiger partial charge >= 0.3 is 0 Å². The van der Waals surface area contributed by atoms with Crippen LogP contribution in [0.5, 0.6) is 0 Å². The number of nitrogens with zero attached hydrogens (tertiary/aromatic N) is 1. The van der Waals surface area contributed by atoms with Gasteiger partial charge in [0.2, 0.25) is 0 Å². The van der Waals surface area contributed by atoms with Crippen LogP contribution in [0.4, 0.5) is 0 Å². The topological polar surface area (TPSA) is 12.5 Å². The van der Waals surface area contributed by atoms with Gasteiger partial charge in [0.15, 0.2) is 0 Å². The van der Waals surface area contributed by atoms with Crippen LogP contribution in [0.15, 0.2) is 11.6 Å². The summed E-state index contributed by atoms with van der Waals surface area (Å²) in [6.07, 6.45) is 22.7. The average molecular weight is 544 g/mol. The summed E-state index contributed by atoms with van der Waals surface area (Å²) in [7, 11) is 1.85. The van der Waals surface area contributed by atoms with Crippen molar-refractivity contribution >= 4 is 47.5 Å². The van der Waals surface area contributed by atoms with Crippen LogP contribution >= 0.6 is 47.5 Å². The second-order valence-corrected chi connectivity index (χ2v) is 9.89. The lowest BCUT2D eigenvalue weighted by atomic mass is 10.0. The quantitative estimate of drug-likeness (QED) is 0.113. The molecule has 0 N–H and O–H groups in total. The summed E-state index contributed by atoms with van der Waals surface area (Å²) in [4.78, 5) is 2.35. The highest BCUT2D eigenvalue weighted by atomic mass is 127. The molecule has 0 radical (unpaired) electrons. The third-order valence-corrected chi connectivity index (χ3v) is 7.31. The smallest absolute Gasteiger partial charge is 0.0836 e. The molecule has 1 heterocycles. The fraction of sp³-hybridized carbons (Fsp3) is 0.913. The summed E-state index contributed by atoms with van der Waals surface area (Å²) < 4.78 is 5.63. The molecule has 0 fully saturated rings. The van der Waals surface area contributed by atoms with Crippen molar-refractivity contribution in [3.05, 3.63) is 11.6 Å². The molecular formula is C23H46INOS2. The molecule has 0 saturated heterocycles. The van der Waals surface area contributed by atoms with Gasteiger partial charge in [-0.1, -0.05) is 90.4 Å². The van der Waals surface area contributed by atoms with Crippen LogP contribution < -0.4 is 0 Å². The van der Waals surface area contributed by atoms with Crippen LogP contribution in [0.1, 0.15) is 96.8 Å². The first-order valence-electron chi connectivity index (χ1n) is 11.5. The van der Waals surface area contributed by atoms with Gasteiger partial charge in [-0.3, -0.25) is 0 Å². The molecule has 1 aliphatic heterocycles. The normalized spacial score (nSPS) is 14.4. The molecule has 1 aliphatic rings. The van der Waals surface area contributed by atoms with E-state index in [-0.39, 0.29) is 24.0 Å². The Balaban J connectivity index is 0.00000729. The number of methoxy groups -OCH3 is 1. The molecule has 5 heteroatoms. The van der Waals surface area contributed by atoms with Crippen molar-refractivity contribution < 1.29 is 4.74 Å². The van der Waals surface area contributed by atoms with Crippen molar-refractivity contribution in [2.24, 2.45) is 0 Å². The number of hydrogen-bond acceptors (Lipinski definition) is 4. The molecule has 0 saturated carbocycles. The van der Waals surface area contributed by atoms with E-state index >= 15 is 0 Å². The Bertz CT molecular complexity index is 345. The van der Waals surface area contributed by atoms with E-state index in [9.17, 15) is 0 Å². The Morgan fingerprint density at radius 1 is 0.893 bits per heavy atom. The van der Waals surface area contributed by atoms with Crippen LogP contribution in [0.2, 0.25) is 0 Å². The highest BCUT2D eigenvalue weighted by Crippen LogP contribution is 2.18. The molecule has 28 heavy (non-hydrogen) atoms. The predicted molar refractivity (Wildman–Crippen MR) is 142 cm³/mol. The minimum absolute atomic E-state index is 0. The minimum atomic E-state index is 0. The summed E-state index contributed by atoms with van der Waals surface area (Å²) in [6, 6.07) is 0. The number of hydrogen-bond donors (Lipinski definition) is 0. The molecule has 168 valence electrons. The predicted octanol–water partition coefficient (Wildman–Crippen LogP) is 8.31. The number of ether oxygens (including phenoxy) is 1. The summed E-state index contributed by atoms with van der Waals surface area (Å²) >= 11 is 3.94. The summed E-state index contributed by atoms with van der Waals surface area (Å²) in [6.45, 7) is 3.33. The van der Waals surface area contributed by atoms with Gasteiger partial charge in [0.05, 0.1) is 12.0 Å². The van der Waals surface area contributed by atoms with Crippen molar-refractivity contribution in [1.82, 2.24) is 4.90 Å². The second kappa shape index (κ2) is 22.6. The molecule has 0 aromatic rings. The van der Waals surface area contributed by atoms with Crippen LogP contribution in [-0.4, -0.2) is 42.0 Å². The van der Waals surface area contributed by atoms with Crippen molar-refractivity contribution in [1.29, 1.82) is 0 Å². The van der Waals surface area contributed by atoms with E-state index in [4.69, 9.17) is 4.74 Å². The lowest BCUT2D eigenvalue weighted by Crippen LogP contribution is -2.30. The fourth-order valence-corrected chi connectivity index (χ4v) is 5.30. The summed E-state index contributed by atoms with van der Waals surface area (Å²) in [5, 5.41) is 2.18. The third-order valence-electron chi connectivity index (χ3n) is 5.33. The third kappa shape index (κ3) is 17.8. The standard InChI is InChI=1S/C23H45NOS2.HI/c1-3-4-5-6-7-8-9-10-11-12-13-14-15-16-18-26-21-23(25-2)20-24-17-19-27-22-24;/h17,19,23H,3-16,18,20-22H2,1-2H3;1H. The highest BCUT2D eigenvalue weighted by molar-refractivity contribution is 14.0. The number of thioether (sulfide) groups is 2. The zero-order valence-electron chi connectivity index (χ0n) is 18.5. The largest absolute Gasteiger partial charge is 0.379 e. The number of halogens is 1. The maximum absolute atomic E-state index is 5.63. The molecule has 0 spiro atoms. The maximum atomic E-state index is 5.63. The fourth-order valence-electron chi connectivity index (χ4n) is 3.49. The number of unbranched alkanes of at least 4 members (excludes halogenated alkanes) is 13. The first-order chi connectivity index (χ1) is 13.4. The van der Waals surface area contributed by atoms with Gasteiger partial charge in [0.1, 0.15) is 0 Å². The Hall–Kier alpha value is 0.930. The Morgan fingerprint density at radius 2 is 1.43 bits per heavy atom. The SMILES string of the molecule is CCCCCCCCCCCCCCCCSCC(CN1C=CSC1)OC.I. The molecule has 0 bridgehead atoms. The molecular weight excluding hydrogens is 497 g/mol. The molecule has 0 aromatic carbocycles. The van der Waals surface area contributed by atoms with Gasteiger partial charge in [-0.05, 0) is 17.6 Å². The van der Waals surface area contributed by atoms with Crippen molar-refractivity contribution in [2.75, 3.05) is 31.0 Å². The Morgan fingerprint density at radius 3 is 1.89 bits per heavy atom. The van der Waals surface area contributed by atoms with Gasteiger partial charge in [0, 0.05) is 25.6 Å². The molecule has 1 rings (SSSR count). The van der Waals surface area contributed by atoms with Crippen LogP contribution in [-0.2, 0) is 4.74 Å². The Kier molecular flexibility index (Phi) is 23.4. The van der Waals surface area contributed by atoms with Gasteiger partial charge in [-0.15, -0.1) is 35.7 Å². The first kappa shape index (κ1) is 28.9. The highest BCUT2D eigenvalue weighted by Gasteiger charge is 2.13. The van der Waals surface area contributed by atoms with E-state index in [2.05, 4.69) is 35.2 Å². The zero-order valence-corrected chi connectivity index (χ0v) is 22.5. The molecule has 0 aliphatic carbocycles. The van der Waals surface area contributed by atoms with Crippen molar-refractivity contribution in [3.8, 4) is 0 Å².